The molecule has 6 rings (SSSR count). The molecule has 1 atom stereocenters. The predicted molar refractivity (Wildman–Crippen MR) is 131 cm³/mol. The van der Waals surface area contributed by atoms with E-state index in [4.69, 9.17) is 0 Å². The van der Waals surface area contributed by atoms with Crippen molar-refractivity contribution >= 4 is 28.7 Å². The first kappa shape index (κ1) is 20.7. The van der Waals surface area contributed by atoms with Gasteiger partial charge in [0.25, 0.3) is 0 Å². The van der Waals surface area contributed by atoms with Crippen LogP contribution in [0, 0.1) is 5.82 Å². The Bertz CT molecular complexity index is 1290. The Morgan fingerprint density at radius 2 is 1.91 bits per heavy atom. The number of halogens is 1. The summed E-state index contributed by atoms with van der Waals surface area (Å²) >= 11 is 3.58. The summed E-state index contributed by atoms with van der Waals surface area (Å²) in [6, 6.07) is 14.4. The fourth-order valence-corrected chi connectivity index (χ4v) is 7.27. The third-order valence-electron chi connectivity index (χ3n) is 6.61. The van der Waals surface area contributed by atoms with Crippen molar-refractivity contribution in [2.75, 3.05) is 0 Å². The number of amides is 2. The van der Waals surface area contributed by atoms with Gasteiger partial charge in [-0.25, -0.2) is 9.18 Å². The van der Waals surface area contributed by atoms with Gasteiger partial charge in [0, 0.05) is 28.1 Å². The standard InChI is InChI=1S/C26H24FN3OS2/c27-18-11-9-17(10-12-18)15-28-26(31)30-16-20-19-5-1-2-7-22(19)33-25(20)29-13-3-6-21(29)24(30)23-8-4-14-32-23/h3-4,6,8-14,24H,1-2,5,7,15-16H2,(H,28,31)/t24-/m1/s1. The lowest BCUT2D eigenvalue weighted by atomic mass is 9.95. The molecule has 4 aromatic rings. The lowest BCUT2D eigenvalue weighted by molar-refractivity contribution is 0.181. The lowest BCUT2D eigenvalue weighted by Crippen LogP contribution is -2.41. The molecule has 1 aliphatic carbocycles. The van der Waals surface area contributed by atoms with Gasteiger partial charge in [-0.2, -0.15) is 0 Å². The lowest BCUT2D eigenvalue weighted by Gasteiger charge is -2.30. The van der Waals surface area contributed by atoms with E-state index in [2.05, 4.69) is 39.7 Å². The number of fused-ring (bicyclic) bond motifs is 5. The first-order valence-corrected chi connectivity index (χ1v) is 13.0. The van der Waals surface area contributed by atoms with Gasteiger partial charge in [-0.3, -0.25) is 0 Å². The van der Waals surface area contributed by atoms with Crippen molar-refractivity contribution in [1.29, 1.82) is 0 Å². The Hall–Kier alpha value is -2.90. The van der Waals surface area contributed by atoms with E-state index < -0.39 is 0 Å². The molecule has 1 N–H and O–H groups in total. The summed E-state index contributed by atoms with van der Waals surface area (Å²) in [7, 11) is 0. The molecule has 2 amide bonds. The van der Waals surface area contributed by atoms with E-state index in [1.165, 1.54) is 46.0 Å². The maximum absolute atomic E-state index is 13.7. The van der Waals surface area contributed by atoms with E-state index in [1.807, 2.05) is 22.3 Å². The number of carbonyl (C=O) groups is 1. The summed E-state index contributed by atoms with van der Waals surface area (Å²) in [5, 5.41) is 6.43. The first-order chi connectivity index (χ1) is 16.2. The molecule has 2 aliphatic rings. The van der Waals surface area contributed by atoms with Crippen molar-refractivity contribution in [3.05, 3.63) is 98.1 Å². The van der Waals surface area contributed by atoms with Crippen LogP contribution in [0.15, 0.2) is 60.1 Å². The summed E-state index contributed by atoms with van der Waals surface area (Å²) < 4.78 is 15.6. The zero-order chi connectivity index (χ0) is 22.4. The smallest absolute Gasteiger partial charge is 0.318 e. The van der Waals surface area contributed by atoms with Crippen LogP contribution in [0.3, 0.4) is 0 Å². The van der Waals surface area contributed by atoms with Gasteiger partial charge in [0.2, 0.25) is 0 Å². The zero-order valence-electron chi connectivity index (χ0n) is 18.1. The minimum absolute atomic E-state index is 0.103. The van der Waals surface area contributed by atoms with E-state index in [9.17, 15) is 9.18 Å². The van der Waals surface area contributed by atoms with Crippen LogP contribution >= 0.6 is 22.7 Å². The number of aromatic nitrogens is 1. The van der Waals surface area contributed by atoms with Crippen LogP contribution in [0.1, 0.15) is 51.0 Å². The molecule has 1 aliphatic heterocycles. The van der Waals surface area contributed by atoms with Crippen molar-refractivity contribution in [2.45, 2.75) is 44.8 Å². The van der Waals surface area contributed by atoms with Crippen LogP contribution in [-0.2, 0) is 25.9 Å². The molecule has 1 aromatic carbocycles. The van der Waals surface area contributed by atoms with Crippen molar-refractivity contribution < 1.29 is 9.18 Å². The fourth-order valence-electron chi connectivity index (χ4n) is 5.01. The van der Waals surface area contributed by atoms with Crippen LogP contribution in [0.4, 0.5) is 9.18 Å². The Kier molecular flexibility index (Phi) is 5.31. The topological polar surface area (TPSA) is 37.3 Å². The summed E-state index contributed by atoms with van der Waals surface area (Å²) in [4.78, 5) is 18.3. The van der Waals surface area contributed by atoms with Crippen LogP contribution < -0.4 is 5.32 Å². The van der Waals surface area contributed by atoms with Crippen molar-refractivity contribution in [1.82, 2.24) is 14.8 Å². The summed E-state index contributed by atoms with van der Waals surface area (Å²) in [5.74, 6) is -0.272. The van der Waals surface area contributed by atoms with Gasteiger partial charge in [-0.05, 0) is 72.5 Å². The number of nitrogens with one attached hydrogen (secondary N) is 1. The van der Waals surface area contributed by atoms with Crippen LogP contribution in [-0.4, -0.2) is 15.5 Å². The maximum Gasteiger partial charge on any atom is 0.318 e. The molecule has 0 radical (unpaired) electrons. The zero-order valence-corrected chi connectivity index (χ0v) is 19.7. The second-order valence-electron chi connectivity index (χ2n) is 8.63. The third kappa shape index (κ3) is 3.69. The SMILES string of the molecule is O=C(NCc1ccc(F)cc1)N1Cc2c(sc3c2CCCC3)-n2cccc2[C@@H]1c1cccs1. The number of hydrogen-bond acceptors (Lipinski definition) is 3. The average molecular weight is 478 g/mol. The second-order valence-corrected chi connectivity index (χ2v) is 10.7. The number of benzene rings is 1. The van der Waals surface area contributed by atoms with E-state index >= 15 is 0 Å². The molecule has 4 heterocycles. The molecule has 0 fully saturated rings. The van der Waals surface area contributed by atoms with Gasteiger partial charge in [0.1, 0.15) is 16.9 Å². The average Bonchev–Trinajstić information content (AvgIpc) is 3.58. The molecule has 0 bridgehead atoms. The van der Waals surface area contributed by atoms with Crippen LogP contribution in [0.25, 0.3) is 5.00 Å². The van der Waals surface area contributed by atoms with E-state index in [0.717, 1.165) is 29.0 Å². The monoisotopic (exact) mass is 477 g/mol. The highest BCUT2D eigenvalue weighted by molar-refractivity contribution is 7.15. The molecule has 3 aromatic heterocycles. The third-order valence-corrected chi connectivity index (χ3v) is 8.87. The van der Waals surface area contributed by atoms with Crippen molar-refractivity contribution in [3.63, 3.8) is 0 Å². The Morgan fingerprint density at radius 1 is 1.06 bits per heavy atom. The molecule has 4 nitrogen and oxygen atoms in total. The van der Waals surface area contributed by atoms with Crippen LogP contribution in [0.2, 0.25) is 0 Å². The second kappa shape index (κ2) is 8.47. The normalized spacial score (nSPS) is 17.1. The number of thiophene rings is 2. The molecule has 168 valence electrons. The molecular weight excluding hydrogens is 453 g/mol. The van der Waals surface area contributed by atoms with Gasteiger partial charge in [-0.15, -0.1) is 22.7 Å². The molecule has 0 saturated heterocycles. The number of carbonyl (C=O) groups excluding carboxylic acids is 1. The molecule has 0 saturated carbocycles. The minimum Gasteiger partial charge on any atom is -0.334 e. The van der Waals surface area contributed by atoms with Gasteiger partial charge >= 0.3 is 6.03 Å². The van der Waals surface area contributed by atoms with E-state index in [-0.39, 0.29) is 17.9 Å². The van der Waals surface area contributed by atoms with E-state index in [1.54, 1.807) is 23.5 Å². The molecule has 33 heavy (non-hydrogen) atoms. The molecule has 7 heteroatoms. The van der Waals surface area contributed by atoms with Crippen LogP contribution in [0.5, 0.6) is 0 Å². The van der Waals surface area contributed by atoms with Gasteiger partial charge < -0.3 is 14.8 Å². The summed E-state index contributed by atoms with van der Waals surface area (Å²) in [5.41, 5.74) is 4.74. The highest BCUT2D eigenvalue weighted by Crippen LogP contribution is 2.44. The number of hydrogen-bond donors (Lipinski definition) is 1. The number of urea groups is 1. The number of rotatable bonds is 3. The Balaban J connectivity index is 1.41. The number of aryl methyl sites for hydroxylation is 1. The number of nitrogens with zero attached hydrogens (tertiary/aromatic N) is 2. The maximum atomic E-state index is 13.7. The van der Waals surface area contributed by atoms with Gasteiger partial charge in [-0.1, -0.05) is 18.2 Å². The minimum atomic E-state index is -0.272. The molecule has 0 spiro atoms. The fraction of sp³-hybridized carbons (Fsp3) is 0.269. The van der Waals surface area contributed by atoms with Crippen molar-refractivity contribution in [3.8, 4) is 5.00 Å². The largest absolute Gasteiger partial charge is 0.334 e. The Labute approximate surface area is 200 Å². The van der Waals surface area contributed by atoms with Crippen molar-refractivity contribution in [2.24, 2.45) is 0 Å². The molecule has 0 unspecified atom stereocenters. The van der Waals surface area contributed by atoms with Gasteiger partial charge in [0.05, 0.1) is 12.2 Å². The van der Waals surface area contributed by atoms with E-state index in [0.29, 0.717) is 13.1 Å². The first-order valence-electron chi connectivity index (χ1n) is 11.3. The summed E-state index contributed by atoms with van der Waals surface area (Å²) in [6.45, 7) is 0.947. The van der Waals surface area contributed by atoms with Gasteiger partial charge in [0.15, 0.2) is 0 Å². The highest BCUT2D eigenvalue weighted by Gasteiger charge is 2.36. The molecular formula is C26H24FN3OS2. The highest BCUT2D eigenvalue weighted by atomic mass is 32.1. The Morgan fingerprint density at radius 3 is 2.73 bits per heavy atom. The predicted octanol–water partition coefficient (Wildman–Crippen LogP) is 6.43. The quantitative estimate of drug-likeness (QED) is 0.363. The summed E-state index contributed by atoms with van der Waals surface area (Å²) in [6.07, 6.45) is 6.81.